The molecule has 0 bridgehead atoms. The van der Waals surface area contributed by atoms with E-state index in [2.05, 4.69) is 0 Å². The summed E-state index contributed by atoms with van der Waals surface area (Å²) < 4.78 is 24.9. The molecule has 1 rings (SSSR count). The van der Waals surface area contributed by atoms with E-state index in [4.69, 9.17) is 10.2 Å². The molecule has 8 heteroatoms. The third-order valence-corrected chi connectivity index (χ3v) is 5.25. The molecule has 1 saturated carbocycles. The number of hydrogen-bond acceptors (Lipinski definition) is 4. The number of nitrogens with zero attached hydrogens (tertiary/aromatic N) is 1. The smallest absolute Gasteiger partial charge is 0.318 e. The Kier molecular flexibility index (Phi) is 5.09. The summed E-state index contributed by atoms with van der Waals surface area (Å²) in [6, 6.07) is 0. The second-order valence-electron chi connectivity index (χ2n) is 4.36. The van der Waals surface area contributed by atoms with E-state index >= 15 is 0 Å². The molecule has 0 saturated heterocycles. The van der Waals surface area contributed by atoms with Gasteiger partial charge in [-0.2, -0.15) is 4.31 Å². The fourth-order valence-electron chi connectivity index (χ4n) is 2.11. The van der Waals surface area contributed by atoms with Gasteiger partial charge < -0.3 is 10.2 Å². The number of sulfonamides is 1. The van der Waals surface area contributed by atoms with Crippen molar-refractivity contribution in [2.45, 2.75) is 37.4 Å². The molecule has 1 aliphatic carbocycles. The molecule has 0 aromatic rings. The molecule has 0 unspecified atom stereocenters. The second-order valence-corrected chi connectivity index (χ2v) is 6.57. The maximum atomic E-state index is 12.2. The van der Waals surface area contributed by atoms with Gasteiger partial charge in [0.15, 0.2) is 0 Å². The molecular weight excluding hydrogens is 262 g/mol. The molecule has 1 fully saturated rings. The predicted molar refractivity (Wildman–Crippen MR) is 62.6 cm³/mol. The molecule has 2 N–H and O–H groups in total. The minimum atomic E-state index is -3.84. The quantitative estimate of drug-likeness (QED) is 0.714. The van der Waals surface area contributed by atoms with Crippen LogP contribution in [-0.4, -0.2) is 53.2 Å². The van der Waals surface area contributed by atoms with Crippen molar-refractivity contribution >= 4 is 22.0 Å². The van der Waals surface area contributed by atoms with E-state index in [-0.39, 0.29) is 0 Å². The van der Waals surface area contributed by atoms with E-state index < -0.39 is 40.3 Å². The molecule has 0 atom stereocenters. The van der Waals surface area contributed by atoms with E-state index in [1.54, 1.807) is 0 Å². The number of aliphatic carboxylic acids is 2. The van der Waals surface area contributed by atoms with Gasteiger partial charge >= 0.3 is 11.9 Å². The maximum absolute atomic E-state index is 12.2. The van der Waals surface area contributed by atoms with Gasteiger partial charge in [0.1, 0.15) is 13.1 Å². The van der Waals surface area contributed by atoms with Crippen LogP contribution in [0, 0.1) is 0 Å². The van der Waals surface area contributed by atoms with Crippen molar-refractivity contribution in [3.05, 3.63) is 0 Å². The third kappa shape index (κ3) is 3.95. The first-order valence-electron chi connectivity index (χ1n) is 5.76. The minimum absolute atomic E-state index is 0.470. The highest BCUT2D eigenvalue weighted by molar-refractivity contribution is 7.89. The molecule has 0 radical (unpaired) electrons. The molecule has 0 spiro atoms. The summed E-state index contributed by atoms with van der Waals surface area (Å²) in [6.45, 7) is -1.60. The van der Waals surface area contributed by atoms with E-state index in [1.807, 2.05) is 0 Å². The van der Waals surface area contributed by atoms with Crippen molar-refractivity contribution in [3.8, 4) is 0 Å². The zero-order chi connectivity index (χ0) is 13.8. The Morgan fingerprint density at radius 2 is 1.44 bits per heavy atom. The van der Waals surface area contributed by atoms with Gasteiger partial charge in [-0.15, -0.1) is 0 Å². The molecule has 0 heterocycles. The SMILES string of the molecule is O=C(O)CN(CC(=O)O)S(=O)(=O)C1CCCCC1. The maximum Gasteiger partial charge on any atom is 0.318 e. The van der Waals surface area contributed by atoms with Crippen molar-refractivity contribution in [2.75, 3.05) is 13.1 Å². The fraction of sp³-hybridized carbons (Fsp3) is 0.800. The Morgan fingerprint density at radius 1 is 1.00 bits per heavy atom. The van der Waals surface area contributed by atoms with Gasteiger partial charge in [0, 0.05) is 0 Å². The first kappa shape index (κ1) is 14.9. The van der Waals surface area contributed by atoms with Crippen LogP contribution >= 0.6 is 0 Å². The molecule has 0 amide bonds. The zero-order valence-electron chi connectivity index (χ0n) is 9.91. The van der Waals surface area contributed by atoms with E-state index in [0.29, 0.717) is 17.1 Å². The van der Waals surface area contributed by atoms with Crippen molar-refractivity contribution in [3.63, 3.8) is 0 Å². The topological polar surface area (TPSA) is 112 Å². The van der Waals surface area contributed by atoms with Gasteiger partial charge in [-0.3, -0.25) is 9.59 Å². The van der Waals surface area contributed by atoms with Crippen LogP contribution in [0.15, 0.2) is 0 Å². The van der Waals surface area contributed by atoms with E-state index in [1.165, 1.54) is 0 Å². The molecule has 104 valence electrons. The van der Waals surface area contributed by atoms with Crippen LogP contribution in [0.25, 0.3) is 0 Å². The van der Waals surface area contributed by atoms with Crippen LogP contribution in [-0.2, 0) is 19.6 Å². The molecule has 0 aromatic heterocycles. The zero-order valence-corrected chi connectivity index (χ0v) is 10.7. The molecular formula is C10H17NO6S. The summed E-state index contributed by atoms with van der Waals surface area (Å²) in [5.41, 5.74) is 0. The van der Waals surface area contributed by atoms with Gasteiger partial charge in [0.25, 0.3) is 0 Å². The lowest BCUT2D eigenvalue weighted by Crippen LogP contribution is -2.44. The summed E-state index contributed by atoms with van der Waals surface area (Å²) in [4.78, 5) is 21.2. The molecule has 7 nitrogen and oxygen atoms in total. The Bertz CT molecular complexity index is 396. The van der Waals surface area contributed by atoms with E-state index in [9.17, 15) is 18.0 Å². The number of hydrogen-bond donors (Lipinski definition) is 2. The normalized spacial score (nSPS) is 17.8. The largest absolute Gasteiger partial charge is 0.480 e. The lowest BCUT2D eigenvalue weighted by atomic mass is 10.0. The van der Waals surface area contributed by atoms with Gasteiger partial charge in [0.05, 0.1) is 5.25 Å². The highest BCUT2D eigenvalue weighted by Gasteiger charge is 2.35. The summed E-state index contributed by atoms with van der Waals surface area (Å²) in [5.74, 6) is -2.70. The fourth-order valence-corrected chi connectivity index (χ4v) is 4.04. The van der Waals surface area contributed by atoms with Crippen LogP contribution in [0.3, 0.4) is 0 Å². The van der Waals surface area contributed by atoms with E-state index in [0.717, 1.165) is 19.3 Å². The van der Waals surface area contributed by atoms with Gasteiger partial charge in [-0.1, -0.05) is 19.3 Å². The Balaban J connectivity index is 2.86. The summed E-state index contributed by atoms with van der Waals surface area (Å²) in [5, 5.41) is 16.7. The predicted octanol–water partition coefficient (Wildman–Crippen LogP) is 0.120. The Labute approximate surface area is 105 Å². The average molecular weight is 279 g/mol. The van der Waals surface area contributed by atoms with Crippen molar-refractivity contribution in [1.82, 2.24) is 4.31 Å². The van der Waals surface area contributed by atoms with Crippen LogP contribution in [0.5, 0.6) is 0 Å². The number of rotatable bonds is 6. The summed E-state index contributed by atoms with van der Waals surface area (Å²) in [6.07, 6.45) is 3.45. The van der Waals surface area contributed by atoms with Gasteiger partial charge in [0.2, 0.25) is 10.0 Å². The number of carboxylic acid groups (broad SMARTS) is 2. The van der Waals surface area contributed by atoms with Crippen molar-refractivity contribution < 1.29 is 28.2 Å². The monoisotopic (exact) mass is 279 g/mol. The first-order chi connectivity index (χ1) is 8.34. The summed E-state index contributed by atoms with van der Waals surface area (Å²) >= 11 is 0. The lowest BCUT2D eigenvalue weighted by molar-refractivity contribution is -0.139. The lowest BCUT2D eigenvalue weighted by Gasteiger charge is -2.27. The molecule has 1 aliphatic rings. The highest BCUT2D eigenvalue weighted by atomic mass is 32.2. The molecule has 18 heavy (non-hydrogen) atoms. The minimum Gasteiger partial charge on any atom is -0.480 e. The van der Waals surface area contributed by atoms with Crippen LogP contribution in [0.1, 0.15) is 32.1 Å². The van der Waals surface area contributed by atoms with Crippen LogP contribution < -0.4 is 0 Å². The standard InChI is InChI=1S/C10H17NO6S/c12-9(13)6-11(7-10(14)15)18(16,17)8-4-2-1-3-5-8/h8H,1-7H2,(H,12,13)(H,14,15). The number of carbonyl (C=O) groups is 2. The van der Waals surface area contributed by atoms with Gasteiger partial charge in [-0.05, 0) is 12.8 Å². The Hall–Kier alpha value is -1.15. The summed E-state index contributed by atoms with van der Waals surface area (Å²) in [7, 11) is -3.84. The first-order valence-corrected chi connectivity index (χ1v) is 7.27. The van der Waals surface area contributed by atoms with Gasteiger partial charge in [-0.25, -0.2) is 8.42 Å². The Morgan fingerprint density at radius 3 is 1.83 bits per heavy atom. The van der Waals surface area contributed by atoms with Crippen molar-refractivity contribution in [1.29, 1.82) is 0 Å². The van der Waals surface area contributed by atoms with Crippen molar-refractivity contribution in [2.24, 2.45) is 0 Å². The number of carboxylic acids is 2. The second kappa shape index (κ2) is 6.14. The molecule has 0 aromatic carbocycles. The average Bonchev–Trinajstić information content (AvgIpc) is 2.28. The highest BCUT2D eigenvalue weighted by Crippen LogP contribution is 2.25. The third-order valence-electron chi connectivity index (χ3n) is 2.96. The van der Waals surface area contributed by atoms with Crippen LogP contribution in [0.4, 0.5) is 0 Å². The van der Waals surface area contributed by atoms with Crippen LogP contribution in [0.2, 0.25) is 0 Å². The molecule has 0 aliphatic heterocycles.